The number of nitrogens with one attached hydrogen (secondary N) is 1. The number of nitrogens with zero attached hydrogens (tertiary/aromatic N) is 1. The van der Waals surface area contributed by atoms with Gasteiger partial charge in [0.2, 0.25) is 0 Å². The molecule has 0 radical (unpaired) electrons. The topological polar surface area (TPSA) is 45.0 Å². The van der Waals surface area contributed by atoms with Gasteiger partial charge in [-0.2, -0.15) is 5.26 Å². The first-order chi connectivity index (χ1) is 8.09. The van der Waals surface area contributed by atoms with Gasteiger partial charge in [0.05, 0.1) is 12.2 Å². The van der Waals surface area contributed by atoms with Gasteiger partial charge in [0, 0.05) is 6.61 Å². The summed E-state index contributed by atoms with van der Waals surface area (Å²) in [5.41, 5.74) is -0.398. The highest BCUT2D eigenvalue weighted by atomic mass is 16.5. The van der Waals surface area contributed by atoms with Crippen LogP contribution in [-0.2, 0) is 4.74 Å². The number of hydrogen-bond acceptors (Lipinski definition) is 3. The molecule has 1 N–H and O–H groups in total. The lowest BCUT2D eigenvalue weighted by Gasteiger charge is -2.27. The quantitative estimate of drug-likeness (QED) is 0.724. The summed E-state index contributed by atoms with van der Waals surface area (Å²) in [5.74, 6) is 0.876. The van der Waals surface area contributed by atoms with Gasteiger partial charge < -0.3 is 10.1 Å². The van der Waals surface area contributed by atoms with Crippen LogP contribution in [0.3, 0.4) is 0 Å². The maximum atomic E-state index is 9.01. The van der Waals surface area contributed by atoms with Crippen LogP contribution in [0.4, 0.5) is 0 Å². The number of rotatable bonds is 6. The third-order valence-corrected chi connectivity index (χ3v) is 3.94. The molecule has 0 aliphatic heterocycles. The van der Waals surface area contributed by atoms with Crippen LogP contribution in [0.2, 0.25) is 0 Å². The van der Waals surface area contributed by atoms with Gasteiger partial charge in [-0.15, -0.1) is 0 Å². The van der Waals surface area contributed by atoms with Gasteiger partial charge in [0.15, 0.2) is 0 Å². The predicted molar refractivity (Wildman–Crippen MR) is 69.7 cm³/mol. The lowest BCUT2D eigenvalue weighted by Crippen LogP contribution is -2.38. The van der Waals surface area contributed by atoms with Gasteiger partial charge in [0.25, 0.3) is 0 Å². The Morgan fingerprint density at radius 1 is 1.35 bits per heavy atom. The highest BCUT2D eigenvalue weighted by Crippen LogP contribution is 2.25. The minimum Gasteiger partial charge on any atom is -0.378 e. The largest absolute Gasteiger partial charge is 0.378 e. The molecule has 1 saturated carbocycles. The minimum atomic E-state index is -0.398. The van der Waals surface area contributed by atoms with Crippen molar-refractivity contribution in [1.29, 1.82) is 5.26 Å². The average Bonchev–Trinajstić information content (AvgIpc) is 2.36. The van der Waals surface area contributed by atoms with E-state index < -0.39 is 5.54 Å². The number of ether oxygens (including phenoxy) is 1. The summed E-state index contributed by atoms with van der Waals surface area (Å²) in [6.45, 7) is 5.05. The molecule has 1 aliphatic rings. The second kappa shape index (κ2) is 6.98. The highest BCUT2D eigenvalue weighted by Gasteiger charge is 2.21. The molecule has 0 amide bonds. The summed E-state index contributed by atoms with van der Waals surface area (Å²) in [7, 11) is 1.84. The second-order valence-electron chi connectivity index (χ2n) is 5.55. The van der Waals surface area contributed by atoms with E-state index in [1.54, 1.807) is 0 Å². The van der Waals surface area contributed by atoms with Crippen molar-refractivity contribution >= 4 is 0 Å². The molecule has 3 nitrogen and oxygen atoms in total. The fourth-order valence-electron chi connectivity index (χ4n) is 2.31. The molecule has 1 rings (SSSR count). The first-order valence-corrected chi connectivity index (χ1v) is 6.81. The van der Waals surface area contributed by atoms with E-state index in [4.69, 9.17) is 10.00 Å². The van der Waals surface area contributed by atoms with Crippen molar-refractivity contribution in [3.63, 3.8) is 0 Å². The van der Waals surface area contributed by atoms with Crippen molar-refractivity contribution in [3.8, 4) is 6.07 Å². The van der Waals surface area contributed by atoms with Gasteiger partial charge in [-0.3, -0.25) is 0 Å². The lowest BCUT2D eigenvalue weighted by atomic mass is 9.89. The Hall–Kier alpha value is -0.590. The van der Waals surface area contributed by atoms with Crippen LogP contribution in [0.15, 0.2) is 0 Å². The molecular weight excluding hydrogens is 212 g/mol. The minimum absolute atomic E-state index is 0.398. The van der Waals surface area contributed by atoms with Crippen molar-refractivity contribution in [2.45, 2.75) is 64.0 Å². The van der Waals surface area contributed by atoms with Crippen LogP contribution >= 0.6 is 0 Å². The molecule has 0 saturated heterocycles. The third kappa shape index (κ3) is 5.06. The summed E-state index contributed by atoms with van der Waals surface area (Å²) in [6.07, 6.45) is 7.30. The Morgan fingerprint density at radius 2 is 2.00 bits per heavy atom. The second-order valence-corrected chi connectivity index (χ2v) is 5.55. The molecule has 0 aromatic rings. The lowest BCUT2D eigenvalue weighted by molar-refractivity contribution is 0.0166. The summed E-state index contributed by atoms with van der Waals surface area (Å²) >= 11 is 0. The van der Waals surface area contributed by atoms with E-state index in [-0.39, 0.29) is 0 Å². The molecule has 1 aliphatic carbocycles. The average molecular weight is 238 g/mol. The number of nitriles is 1. The van der Waals surface area contributed by atoms with Crippen LogP contribution in [0.25, 0.3) is 0 Å². The molecule has 3 heteroatoms. The summed E-state index contributed by atoms with van der Waals surface area (Å²) in [5, 5.41) is 12.1. The molecule has 0 spiro atoms. The van der Waals surface area contributed by atoms with E-state index in [0.717, 1.165) is 25.4 Å². The van der Waals surface area contributed by atoms with Crippen molar-refractivity contribution in [1.82, 2.24) is 5.32 Å². The van der Waals surface area contributed by atoms with E-state index >= 15 is 0 Å². The van der Waals surface area contributed by atoms with Crippen LogP contribution in [0.1, 0.15) is 52.4 Å². The van der Waals surface area contributed by atoms with Gasteiger partial charge in [-0.05, 0) is 58.4 Å². The van der Waals surface area contributed by atoms with Gasteiger partial charge in [0.1, 0.15) is 5.54 Å². The highest BCUT2D eigenvalue weighted by molar-refractivity contribution is 5.02. The normalized spacial score (nSPS) is 28.4. The standard InChI is InChI=1S/C14H26N2O/c1-12-5-7-13(8-6-12)17-10-4-9-14(2,11-15)16-3/h12-13,16H,4-10H2,1-3H3. The fourth-order valence-corrected chi connectivity index (χ4v) is 2.31. The maximum Gasteiger partial charge on any atom is 0.103 e. The molecule has 0 aromatic heterocycles. The van der Waals surface area contributed by atoms with Crippen molar-refractivity contribution in [2.24, 2.45) is 5.92 Å². The van der Waals surface area contributed by atoms with Gasteiger partial charge in [-0.1, -0.05) is 6.92 Å². The van der Waals surface area contributed by atoms with Gasteiger partial charge >= 0.3 is 0 Å². The predicted octanol–water partition coefficient (Wildman–Crippen LogP) is 2.86. The Labute approximate surface area is 106 Å². The van der Waals surface area contributed by atoms with Crippen LogP contribution < -0.4 is 5.32 Å². The third-order valence-electron chi connectivity index (χ3n) is 3.94. The molecule has 98 valence electrons. The first kappa shape index (κ1) is 14.5. The molecule has 0 aromatic carbocycles. The molecule has 1 fully saturated rings. The van der Waals surface area contributed by atoms with Crippen molar-refractivity contribution < 1.29 is 4.74 Å². The molecule has 0 bridgehead atoms. The zero-order valence-electron chi connectivity index (χ0n) is 11.5. The van der Waals surface area contributed by atoms with Crippen LogP contribution in [0.5, 0.6) is 0 Å². The molecular formula is C14H26N2O. The Balaban J connectivity index is 2.10. The number of hydrogen-bond donors (Lipinski definition) is 1. The Bertz CT molecular complexity index is 253. The summed E-state index contributed by atoms with van der Waals surface area (Å²) in [4.78, 5) is 0. The molecule has 17 heavy (non-hydrogen) atoms. The van der Waals surface area contributed by atoms with Crippen molar-refractivity contribution in [2.75, 3.05) is 13.7 Å². The van der Waals surface area contributed by atoms with E-state index in [1.165, 1.54) is 25.7 Å². The van der Waals surface area contributed by atoms with Crippen LogP contribution in [-0.4, -0.2) is 25.3 Å². The SMILES string of the molecule is CNC(C)(C#N)CCCOC1CCC(C)CC1. The maximum absolute atomic E-state index is 9.01. The van der Waals surface area contributed by atoms with Gasteiger partial charge in [-0.25, -0.2) is 0 Å². The summed E-state index contributed by atoms with van der Waals surface area (Å²) < 4.78 is 5.88. The fraction of sp³-hybridized carbons (Fsp3) is 0.929. The monoisotopic (exact) mass is 238 g/mol. The first-order valence-electron chi connectivity index (χ1n) is 6.81. The molecule has 1 unspecified atom stereocenters. The van der Waals surface area contributed by atoms with E-state index in [1.807, 2.05) is 14.0 Å². The molecule has 0 heterocycles. The van der Waals surface area contributed by atoms with E-state index in [2.05, 4.69) is 18.3 Å². The zero-order valence-corrected chi connectivity index (χ0v) is 11.5. The summed E-state index contributed by atoms with van der Waals surface area (Å²) in [6, 6.07) is 2.31. The molecule has 1 atom stereocenters. The zero-order chi connectivity index (χ0) is 12.7. The van der Waals surface area contributed by atoms with E-state index in [0.29, 0.717) is 6.10 Å². The van der Waals surface area contributed by atoms with Crippen LogP contribution in [0, 0.1) is 17.2 Å². The van der Waals surface area contributed by atoms with Crippen molar-refractivity contribution in [3.05, 3.63) is 0 Å². The smallest absolute Gasteiger partial charge is 0.103 e. The Morgan fingerprint density at radius 3 is 2.53 bits per heavy atom. The van der Waals surface area contributed by atoms with E-state index in [9.17, 15) is 0 Å². The Kier molecular flexibility index (Phi) is 5.94.